The van der Waals surface area contributed by atoms with E-state index in [1.165, 1.54) is 11.8 Å². The molecule has 0 radical (unpaired) electrons. The van der Waals surface area contributed by atoms with Gasteiger partial charge in [-0.3, -0.25) is 9.78 Å². The highest BCUT2D eigenvalue weighted by Gasteiger charge is 2.17. The Morgan fingerprint density at radius 1 is 1.07 bits per heavy atom. The van der Waals surface area contributed by atoms with Crippen molar-refractivity contribution in [3.63, 3.8) is 0 Å². The van der Waals surface area contributed by atoms with Crippen LogP contribution < -0.4 is 10.2 Å². The van der Waals surface area contributed by atoms with E-state index >= 15 is 0 Å². The smallest absolute Gasteiger partial charge is 0.201 e. The van der Waals surface area contributed by atoms with Crippen molar-refractivity contribution in [2.45, 2.75) is 10.8 Å². The molecular weight excluding hydrogens is 358 g/mol. The average molecular weight is 375 g/mol. The van der Waals surface area contributed by atoms with Gasteiger partial charge in [-0.1, -0.05) is 48.2 Å². The number of hydrogen-bond donors (Lipinski definition) is 0. The lowest BCUT2D eigenvalue weighted by Gasteiger charge is -2.10. The van der Waals surface area contributed by atoms with Gasteiger partial charge < -0.3 is 9.15 Å². The van der Waals surface area contributed by atoms with Crippen LogP contribution in [0.2, 0.25) is 0 Å². The third-order valence-corrected chi connectivity index (χ3v) is 5.25. The molecule has 2 heterocycles. The molecule has 4 rings (SSSR count). The highest BCUT2D eigenvalue weighted by atomic mass is 32.2. The summed E-state index contributed by atoms with van der Waals surface area (Å²) in [6.07, 6.45) is 3.56. The van der Waals surface area contributed by atoms with Crippen molar-refractivity contribution in [1.82, 2.24) is 4.98 Å². The second-order valence-corrected chi connectivity index (χ2v) is 6.92. The van der Waals surface area contributed by atoms with E-state index in [-0.39, 0.29) is 5.43 Å². The Morgan fingerprint density at radius 2 is 1.93 bits per heavy atom. The van der Waals surface area contributed by atoms with E-state index < -0.39 is 0 Å². The molecule has 0 aliphatic carbocycles. The van der Waals surface area contributed by atoms with E-state index in [0.29, 0.717) is 33.1 Å². The molecule has 27 heavy (non-hydrogen) atoms. The van der Waals surface area contributed by atoms with Gasteiger partial charge in [-0.25, -0.2) is 0 Å². The number of ether oxygens (including phenoxy) is 1. The van der Waals surface area contributed by atoms with Gasteiger partial charge in [0.15, 0.2) is 5.09 Å². The Labute approximate surface area is 160 Å². The monoisotopic (exact) mass is 375 g/mol. The molecule has 0 aliphatic heterocycles. The molecule has 0 spiro atoms. The lowest BCUT2D eigenvalue weighted by atomic mass is 10.1. The Balaban J connectivity index is 1.86. The SMILES string of the molecule is COc1ccc2c(=O)c(-c3ccccc3)c(SCc3cccnc3)oc2c1. The van der Waals surface area contributed by atoms with Gasteiger partial charge in [-0.15, -0.1) is 0 Å². The van der Waals surface area contributed by atoms with Crippen molar-refractivity contribution in [2.24, 2.45) is 0 Å². The number of hydrogen-bond acceptors (Lipinski definition) is 5. The lowest BCUT2D eigenvalue weighted by molar-refractivity contribution is 0.413. The third kappa shape index (κ3) is 3.59. The van der Waals surface area contributed by atoms with Crippen molar-refractivity contribution >= 4 is 22.7 Å². The molecule has 0 aliphatic rings. The van der Waals surface area contributed by atoms with Crippen LogP contribution in [0, 0.1) is 0 Å². The van der Waals surface area contributed by atoms with Crippen LogP contribution in [0.25, 0.3) is 22.1 Å². The molecular formula is C22H17NO3S. The zero-order valence-corrected chi connectivity index (χ0v) is 15.5. The molecule has 0 saturated carbocycles. The fourth-order valence-electron chi connectivity index (χ4n) is 2.87. The Hall–Kier alpha value is -3.05. The fraction of sp³-hybridized carbons (Fsp3) is 0.0909. The normalized spacial score (nSPS) is 10.9. The van der Waals surface area contributed by atoms with E-state index in [1.54, 1.807) is 31.5 Å². The minimum absolute atomic E-state index is 0.0428. The molecule has 0 fully saturated rings. The maximum Gasteiger partial charge on any atom is 0.201 e. The number of fused-ring (bicyclic) bond motifs is 1. The van der Waals surface area contributed by atoms with Gasteiger partial charge in [0.25, 0.3) is 0 Å². The zero-order valence-electron chi connectivity index (χ0n) is 14.7. The number of aromatic nitrogens is 1. The van der Waals surface area contributed by atoms with Crippen LogP contribution in [0.3, 0.4) is 0 Å². The van der Waals surface area contributed by atoms with Gasteiger partial charge in [0, 0.05) is 24.2 Å². The first-order valence-corrected chi connectivity index (χ1v) is 9.47. The molecule has 134 valence electrons. The number of thioether (sulfide) groups is 1. The highest BCUT2D eigenvalue weighted by molar-refractivity contribution is 7.98. The van der Waals surface area contributed by atoms with Gasteiger partial charge in [0.2, 0.25) is 5.43 Å². The van der Waals surface area contributed by atoms with Crippen LogP contribution in [0.1, 0.15) is 5.56 Å². The average Bonchev–Trinajstić information content (AvgIpc) is 2.73. The summed E-state index contributed by atoms with van der Waals surface area (Å²) in [5.41, 5.74) is 2.97. The lowest BCUT2D eigenvalue weighted by Crippen LogP contribution is -2.07. The summed E-state index contributed by atoms with van der Waals surface area (Å²) >= 11 is 1.49. The van der Waals surface area contributed by atoms with Crippen molar-refractivity contribution in [3.05, 3.63) is 88.8 Å². The maximum atomic E-state index is 13.2. The van der Waals surface area contributed by atoms with Crippen LogP contribution in [0.15, 0.2) is 87.4 Å². The molecule has 4 aromatic rings. The molecule has 0 N–H and O–H groups in total. The molecule has 4 nitrogen and oxygen atoms in total. The van der Waals surface area contributed by atoms with Crippen LogP contribution in [-0.4, -0.2) is 12.1 Å². The standard InChI is InChI=1S/C22H17NO3S/c1-25-17-9-10-18-19(12-17)26-22(27-14-15-6-5-11-23-13-15)20(21(18)24)16-7-3-2-4-8-16/h2-13H,14H2,1H3. The minimum Gasteiger partial charge on any atom is -0.497 e. The first-order chi connectivity index (χ1) is 13.3. The first kappa shape index (κ1) is 17.4. The summed E-state index contributed by atoms with van der Waals surface area (Å²) in [7, 11) is 1.59. The summed E-state index contributed by atoms with van der Waals surface area (Å²) in [5.74, 6) is 1.31. The summed E-state index contributed by atoms with van der Waals surface area (Å²) in [4.78, 5) is 17.4. The Morgan fingerprint density at radius 3 is 2.67 bits per heavy atom. The molecule has 2 aromatic heterocycles. The summed E-state index contributed by atoms with van der Waals surface area (Å²) in [6.45, 7) is 0. The number of rotatable bonds is 5. The molecule has 0 amide bonds. The number of nitrogens with zero attached hydrogens (tertiary/aromatic N) is 1. The van der Waals surface area contributed by atoms with Gasteiger partial charge in [0.1, 0.15) is 11.3 Å². The van der Waals surface area contributed by atoms with Crippen LogP contribution in [0.5, 0.6) is 5.75 Å². The third-order valence-electron chi connectivity index (χ3n) is 4.22. The Bertz CT molecular complexity index is 1120. The van der Waals surface area contributed by atoms with Crippen molar-refractivity contribution in [2.75, 3.05) is 7.11 Å². The second kappa shape index (κ2) is 7.68. The zero-order chi connectivity index (χ0) is 18.6. The summed E-state index contributed by atoms with van der Waals surface area (Å²) in [5, 5.41) is 1.14. The quantitative estimate of drug-likeness (QED) is 0.451. The minimum atomic E-state index is -0.0428. The predicted octanol–water partition coefficient (Wildman–Crippen LogP) is 5.16. The van der Waals surface area contributed by atoms with Crippen LogP contribution in [-0.2, 0) is 5.75 Å². The molecule has 0 unspecified atom stereocenters. The molecule has 0 atom stereocenters. The van der Waals surface area contributed by atoms with Crippen molar-refractivity contribution < 1.29 is 9.15 Å². The highest BCUT2D eigenvalue weighted by Crippen LogP contribution is 2.34. The fourth-order valence-corrected chi connectivity index (χ4v) is 3.84. The van der Waals surface area contributed by atoms with E-state index in [9.17, 15) is 4.79 Å². The summed E-state index contributed by atoms with van der Waals surface area (Å²) < 4.78 is 11.4. The number of benzene rings is 2. The van der Waals surface area contributed by atoms with Crippen LogP contribution in [0.4, 0.5) is 0 Å². The van der Waals surface area contributed by atoms with E-state index in [4.69, 9.17) is 9.15 Å². The van der Waals surface area contributed by atoms with Crippen molar-refractivity contribution in [1.29, 1.82) is 0 Å². The van der Waals surface area contributed by atoms with Crippen molar-refractivity contribution in [3.8, 4) is 16.9 Å². The molecule has 5 heteroatoms. The first-order valence-electron chi connectivity index (χ1n) is 8.48. The number of pyridine rings is 1. The summed E-state index contributed by atoms with van der Waals surface area (Å²) in [6, 6.07) is 18.8. The molecule has 0 saturated heterocycles. The number of methoxy groups -OCH3 is 1. The van der Waals surface area contributed by atoms with Gasteiger partial charge in [-0.05, 0) is 29.3 Å². The second-order valence-electron chi connectivity index (χ2n) is 5.97. The largest absolute Gasteiger partial charge is 0.497 e. The molecule has 2 aromatic carbocycles. The Kier molecular flexibility index (Phi) is 4.94. The maximum absolute atomic E-state index is 13.2. The van der Waals surface area contributed by atoms with E-state index in [0.717, 1.165) is 11.1 Å². The van der Waals surface area contributed by atoms with E-state index in [2.05, 4.69) is 4.98 Å². The topological polar surface area (TPSA) is 52.3 Å². The van der Waals surface area contributed by atoms with Gasteiger partial charge in [-0.2, -0.15) is 0 Å². The van der Waals surface area contributed by atoms with Crippen LogP contribution >= 0.6 is 11.8 Å². The van der Waals surface area contributed by atoms with Gasteiger partial charge >= 0.3 is 0 Å². The molecule has 0 bridgehead atoms. The predicted molar refractivity (Wildman–Crippen MR) is 108 cm³/mol. The van der Waals surface area contributed by atoms with E-state index in [1.807, 2.05) is 48.7 Å². The van der Waals surface area contributed by atoms with Gasteiger partial charge in [0.05, 0.1) is 18.1 Å².